The van der Waals surface area contributed by atoms with Gasteiger partial charge in [0.05, 0.1) is 6.54 Å². The Hall–Kier alpha value is -3.45. The highest BCUT2D eigenvalue weighted by Gasteiger charge is 2.32. The molecule has 1 amide bonds. The summed E-state index contributed by atoms with van der Waals surface area (Å²) >= 11 is 1.39. The molecular formula is C26H23FN4OS. The van der Waals surface area contributed by atoms with Gasteiger partial charge in [-0.05, 0) is 48.2 Å². The Morgan fingerprint density at radius 2 is 1.64 bits per heavy atom. The van der Waals surface area contributed by atoms with E-state index in [1.54, 1.807) is 12.1 Å². The van der Waals surface area contributed by atoms with Gasteiger partial charge in [0.15, 0.2) is 5.16 Å². The molecule has 7 heteroatoms. The van der Waals surface area contributed by atoms with Crippen LogP contribution in [-0.4, -0.2) is 20.7 Å². The number of rotatable bonds is 8. The van der Waals surface area contributed by atoms with E-state index in [1.165, 1.54) is 23.9 Å². The average Bonchev–Trinajstić information content (AvgIpc) is 3.62. The molecule has 0 radical (unpaired) electrons. The molecule has 1 atom stereocenters. The standard InChI is InChI=1S/C26H23FN4OS/c27-21-13-15-22(16-14-21)28-25(32)23(19-9-5-2-6-10-19)33-26-30-29-24(20-11-12-20)31(26)17-18-7-3-1-4-8-18/h1-10,13-16,20,23H,11-12,17H2,(H,28,32)/t23-/m1/s1. The van der Waals surface area contributed by atoms with Crippen LogP contribution in [0.15, 0.2) is 90.1 Å². The summed E-state index contributed by atoms with van der Waals surface area (Å²) in [5.74, 6) is 0.870. The van der Waals surface area contributed by atoms with E-state index >= 15 is 0 Å². The maximum atomic E-state index is 13.3. The molecule has 1 heterocycles. The zero-order valence-corrected chi connectivity index (χ0v) is 18.7. The van der Waals surface area contributed by atoms with Crippen molar-refractivity contribution in [1.29, 1.82) is 0 Å². The summed E-state index contributed by atoms with van der Waals surface area (Å²) in [5.41, 5.74) is 2.57. The van der Waals surface area contributed by atoms with Gasteiger partial charge in [-0.2, -0.15) is 0 Å². The van der Waals surface area contributed by atoms with E-state index in [-0.39, 0.29) is 11.7 Å². The smallest absolute Gasteiger partial charge is 0.242 e. The largest absolute Gasteiger partial charge is 0.325 e. The molecule has 4 aromatic rings. The van der Waals surface area contributed by atoms with E-state index in [0.717, 1.165) is 29.8 Å². The molecule has 166 valence electrons. The van der Waals surface area contributed by atoms with Crippen LogP contribution in [0.3, 0.4) is 0 Å². The van der Waals surface area contributed by atoms with Crippen molar-refractivity contribution >= 4 is 23.4 Å². The van der Waals surface area contributed by atoms with Crippen LogP contribution in [0.2, 0.25) is 0 Å². The van der Waals surface area contributed by atoms with Crippen molar-refractivity contribution in [3.63, 3.8) is 0 Å². The molecule has 1 fully saturated rings. The normalized spacial score (nSPS) is 14.1. The average molecular weight is 459 g/mol. The van der Waals surface area contributed by atoms with Gasteiger partial charge in [-0.1, -0.05) is 72.4 Å². The minimum absolute atomic E-state index is 0.194. The summed E-state index contributed by atoms with van der Waals surface area (Å²) in [6.07, 6.45) is 2.23. The number of halogens is 1. The number of hydrogen-bond donors (Lipinski definition) is 1. The monoisotopic (exact) mass is 458 g/mol. The van der Waals surface area contributed by atoms with Gasteiger partial charge in [0.25, 0.3) is 0 Å². The van der Waals surface area contributed by atoms with Gasteiger partial charge < -0.3 is 9.88 Å². The number of anilines is 1. The fourth-order valence-electron chi connectivity index (χ4n) is 3.69. The summed E-state index contributed by atoms with van der Waals surface area (Å²) in [6, 6.07) is 25.6. The Balaban J connectivity index is 1.45. The first-order chi connectivity index (χ1) is 16.2. The number of benzene rings is 3. The molecule has 5 rings (SSSR count). The summed E-state index contributed by atoms with van der Waals surface area (Å²) in [6.45, 7) is 0.656. The van der Waals surface area contributed by atoms with Crippen LogP contribution in [0.5, 0.6) is 0 Å². The molecular weight excluding hydrogens is 435 g/mol. The molecule has 0 saturated heterocycles. The lowest BCUT2D eigenvalue weighted by atomic mass is 10.1. The fraction of sp³-hybridized carbons (Fsp3) is 0.192. The Labute approximate surface area is 196 Å². The van der Waals surface area contributed by atoms with Crippen LogP contribution in [0.25, 0.3) is 0 Å². The van der Waals surface area contributed by atoms with Gasteiger partial charge in [0.1, 0.15) is 16.9 Å². The lowest BCUT2D eigenvalue weighted by Crippen LogP contribution is -2.19. The van der Waals surface area contributed by atoms with Gasteiger partial charge in [-0.15, -0.1) is 10.2 Å². The molecule has 1 aromatic heterocycles. The second kappa shape index (κ2) is 9.58. The summed E-state index contributed by atoms with van der Waals surface area (Å²) in [4.78, 5) is 13.3. The molecule has 5 nitrogen and oxygen atoms in total. The molecule has 0 bridgehead atoms. The van der Waals surface area contributed by atoms with Gasteiger partial charge in [-0.25, -0.2) is 4.39 Å². The molecule has 3 aromatic carbocycles. The van der Waals surface area contributed by atoms with E-state index in [0.29, 0.717) is 23.3 Å². The molecule has 0 spiro atoms. The number of hydrogen-bond acceptors (Lipinski definition) is 4. The molecule has 1 N–H and O–H groups in total. The second-order valence-corrected chi connectivity index (χ2v) is 9.16. The third-order valence-corrected chi connectivity index (χ3v) is 6.78. The van der Waals surface area contributed by atoms with Gasteiger partial charge in [0, 0.05) is 11.6 Å². The Bertz CT molecular complexity index is 1220. The second-order valence-electron chi connectivity index (χ2n) is 8.09. The Kier molecular flexibility index (Phi) is 6.21. The van der Waals surface area contributed by atoms with Crippen molar-refractivity contribution < 1.29 is 9.18 Å². The number of carbonyl (C=O) groups is 1. The SMILES string of the molecule is O=C(Nc1ccc(F)cc1)[C@H](Sc1nnc(C2CC2)n1Cc1ccccc1)c1ccccc1. The van der Waals surface area contributed by atoms with E-state index in [2.05, 4.69) is 32.2 Å². The van der Waals surface area contributed by atoms with Crippen molar-refractivity contribution in [2.24, 2.45) is 0 Å². The number of thioether (sulfide) groups is 1. The van der Waals surface area contributed by atoms with Crippen molar-refractivity contribution in [3.05, 3.63) is 108 Å². The quantitative estimate of drug-likeness (QED) is 0.338. The molecule has 1 aliphatic carbocycles. The van der Waals surface area contributed by atoms with Crippen LogP contribution in [-0.2, 0) is 11.3 Å². The molecule has 0 aliphatic heterocycles. The van der Waals surface area contributed by atoms with Gasteiger partial charge in [-0.3, -0.25) is 4.79 Å². The Morgan fingerprint density at radius 1 is 0.970 bits per heavy atom. The fourth-order valence-corrected chi connectivity index (χ4v) is 4.74. The maximum absolute atomic E-state index is 13.3. The van der Waals surface area contributed by atoms with Crippen molar-refractivity contribution in [3.8, 4) is 0 Å². The van der Waals surface area contributed by atoms with E-state index < -0.39 is 5.25 Å². The first-order valence-corrected chi connectivity index (χ1v) is 11.8. The van der Waals surface area contributed by atoms with E-state index in [9.17, 15) is 9.18 Å². The highest BCUT2D eigenvalue weighted by molar-refractivity contribution is 8.00. The van der Waals surface area contributed by atoms with Crippen LogP contribution in [0, 0.1) is 5.82 Å². The highest BCUT2D eigenvalue weighted by Crippen LogP contribution is 2.42. The van der Waals surface area contributed by atoms with Crippen LogP contribution >= 0.6 is 11.8 Å². The molecule has 1 saturated carbocycles. The van der Waals surface area contributed by atoms with Crippen molar-refractivity contribution in [1.82, 2.24) is 14.8 Å². The summed E-state index contributed by atoms with van der Waals surface area (Å²) in [5, 5.41) is 12.1. The predicted octanol–water partition coefficient (Wildman–Crippen LogP) is 5.82. The van der Waals surface area contributed by atoms with Gasteiger partial charge in [0.2, 0.25) is 5.91 Å². The summed E-state index contributed by atoms with van der Waals surface area (Å²) in [7, 11) is 0. The zero-order chi connectivity index (χ0) is 22.6. The third kappa shape index (κ3) is 5.14. The van der Waals surface area contributed by atoms with Crippen molar-refractivity contribution in [2.45, 2.75) is 35.7 Å². The van der Waals surface area contributed by atoms with Gasteiger partial charge >= 0.3 is 0 Å². The third-order valence-electron chi connectivity index (χ3n) is 5.55. The van der Waals surface area contributed by atoms with Crippen LogP contribution in [0.4, 0.5) is 10.1 Å². The van der Waals surface area contributed by atoms with Crippen LogP contribution < -0.4 is 5.32 Å². The number of carbonyl (C=O) groups excluding carboxylic acids is 1. The van der Waals surface area contributed by atoms with Crippen LogP contribution in [0.1, 0.15) is 41.0 Å². The highest BCUT2D eigenvalue weighted by atomic mass is 32.2. The first-order valence-electron chi connectivity index (χ1n) is 10.9. The number of nitrogens with zero attached hydrogens (tertiary/aromatic N) is 3. The van der Waals surface area contributed by atoms with Crippen molar-refractivity contribution in [2.75, 3.05) is 5.32 Å². The molecule has 0 unspecified atom stereocenters. The first kappa shape index (κ1) is 21.4. The number of aromatic nitrogens is 3. The minimum Gasteiger partial charge on any atom is -0.325 e. The molecule has 33 heavy (non-hydrogen) atoms. The molecule has 1 aliphatic rings. The van der Waals surface area contributed by atoms with E-state index in [1.807, 2.05) is 48.5 Å². The Morgan fingerprint density at radius 3 is 2.30 bits per heavy atom. The number of amides is 1. The zero-order valence-electron chi connectivity index (χ0n) is 17.9. The topological polar surface area (TPSA) is 59.8 Å². The lowest BCUT2D eigenvalue weighted by Gasteiger charge is -2.18. The minimum atomic E-state index is -0.540. The lowest BCUT2D eigenvalue weighted by molar-refractivity contribution is -0.115. The van der Waals surface area contributed by atoms with E-state index in [4.69, 9.17) is 0 Å². The maximum Gasteiger partial charge on any atom is 0.242 e. The summed E-state index contributed by atoms with van der Waals surface area (Å²) < 4.78 is 15.4. The number of nitrogens with one attached hydrogen (secondary N) is 1. The predicted molar refractivity (Wildman–Crippen MR) is 128 cm³/mol.